The lowest BCUT2D eigenvalue weighted by Crippen LogP contribution is -2.32. The summed E-state index contributed by atoms with van der Waals surface area (Å²) < 4.78 is 25.6. The minimum Gasteiger partial charge on any atom is -0.497 e. The SMILES string of the molecule is COc1cc(C)c(S(=O)N(C)CCOCC(=O)N(C)Cc2cccc(-c3cncnc3)c2)c(C)c1. The van der Waals surface area contributed by atoms with Crippen LogP contribution in [0.25, 0.3) is 11.1 Å². The van der Waals surface area contributed by atoms with Gasteiger partial charge in [-0.15, -0.1) is 0 Å². The molecule has 1 heterocycles. The Hall–Kier alpha value is -3.14. The van der Waals surface area contributed by atoms with Gasteiger partial charge in [-0.3, -0.25) is 4.79 Å². The van der Waals surface area contributed by atoms with Gasteiger partial charge < -0.3 is 14.4 Å². The second kappa shape index (κ2) is 12.5. The maximum atomic E-state index is 13.0. The van der Waals surface area contributed by atoms with Gasteiger partial charge in [-0.05, 0) is 54.3 Å². The van der Waals surface area contributed by atoms with Crippen molar-refractivity contribution in [3.05, 3.63) is 71.8 Å². The molecule has 0 aliphatic carbocycles. The Kier molecular flexibility index (Phi) is 9.47. The maximum Gasteiger partial charge on any atom is 0.248 e. The number of benzene rings is 2. The number of hydrogen-bond acceptors (Lipinski definition) is 6. The fourth-order valence-corrected chi connectivity index (χ4v) is 4.89. The van der Waals surface area contributed by atoms with Crippen LogP contribution in [0.4, 0.5) is 0 Å². The molecule has 0 saturated heterocycles. The largest absolute Gasteiger partial charge is 0.497 e. The molecule has 186 valence electrons. The molecule has 0 N–H and O–H groups in total. The van der Waals surface area contributed by atoms with E-state index in [0.717, 1.165) is 38.5 Å². The van der Waals surface area contributed by atoms with E-state index in [-0.39, 0.29) is 12.5 Å². The van der Waals surface area contributed by atoms with Crippen molar-refractivity contribution in [3.8, 4) is 16.9 Å². The Bertz CT molecular complexity index is 1150. The van der Waals surface area contributed by atoms with Gasteiger partial charge in [0.1, 0.15) is 29.7 Å². The third-order valence-electron chi connectivity index (χ3n) is 5.57. The van der Waals surface area contributed by atoms with Crippen molar-refractivity contribution in [1.29, 1.82) is 0 Å². The number of carbonyl (C=O) groups excluding carboxylic acids is 1. The van der Waals surface area contributed by atoms with Crippen LogP contribution in [0.5, 0.6) is 5.75 Å². The third-order valence-corrected chi connectivity index (χ3v) is 7.31. The van der Waals surface area contributed by atoms with Crippen LogP contribution in [0.1, 0.15) is 16.7 Å². The molecule has 0 bridgehead atoms. The van der Waals surface area contributed by atoms with E-state index in [1.807, 2.05) is 50.2 Å². The summed E-state index contributed by atoms with van der Waals surface area (Å²) in [6.45, 7) is 4.98. The first-order valence-corrected chi connectivity index (χ1v) is 12.3. The van der Waals surface area contributed by atoms with Gasteiger partial charge in [-0.1, -0.05) is 18.2 Å². The summed E-state index contributed by atoms with van der Waals surface area (Å²) >= 11 is 0. The number of rotatable bonds is 11. The number of ether oxygens (including phenoxy) is 2. The molecule has 0 aliphatic rings. The van der Waals surface area contributed by atoms with E-state index in [1.165, 1.54) is 6.33 Å². The Labute approximate surface area is 209 Å². The number of hydrogen-bond donors (Lipinski definition) is 0. The van der Waals surface area contributed by atoms with E-state index in [4.69, 9.17) is 9.47 Å². The molecule has 1 aromatic heterocycles. The highest BCUT2D eigenvalue weighted by atomic mass is 32.2. The van der Waals surface area contributed by atoms with Crippen LogP contribution < -0.4 is 4.74 Å². The topological polar surface area (TPSA) is 84.9 Å². The summed E-state index contributed by atoms with van der Waals surface area (Å²) in [5.74, 6) is 0.624. The molecule has 0 radical (unpaired) electrons. The fourth-order valence-electron chi connectivity index (χ4n) is 3.66. The molecule has 9 heteroatoms. The molecular weight excluding hydrogens is 464 g/mol. The van der Waals surface area contributed by atoms with Crippen molar-refractivity contribution in [2.45, 2.75) is 25.3 Å². The van der Waals surface area contributed by atoms with Crippen molar-refractivity contribution >= 4 is 16.9 Å². The number of carbonyl (C=O) groups is 1. The lowest BCUT2D eigenvalue weighted by molar-refractivity contribution is -0.135. The summed E-state index contributed by atoms with van der Waals surface area (Å²) in [4.78, 5) is 23.1. The predicted octanol–water partition coefficient (Wildman–Crippen LogP) is 3.40. The third kappa shape index (κ3) is 7.17. The second-order valence-electron chi connectivity index (χ2n) is 8.32. The van der Waals surface area contributed by atoms with Crippen LogP contribution in [0.15, 0.2) is 60.0 Å². The lowest BCUT2D eigenvalue weighted by Gasteiger charge is -2.20. The van der Waals surface area contributed by atoms with Gasteiger partial charge in [-0.2, -0.15) is 0 Å². The number of aromatic nitrogens is 2. The van der Waals surface area contributed by atoms with Gasteiger partial charge >= 0.3 is 0 Å². The zero-order valence-corrected chi connectivity index (χ0v) is 21.7. The molecule has 3 rings (SSSR count). The highest BCUT2D eigenvalue weighted by Gasteiger charge is 2.17. The number of aryl methyl sites for hydroxylation is 2. The van der Waals surface area contributed by atoms with Crippen LogP contribution in [0, 0.1) is 13.8 Å². The minimum atomic E-state index is -1.34. The lowest BCUT2D eigenvalue weighted by atomic mass is 10.1. The molecule has 0 spiro atoms. The second-order valence-corrected chi connectivity index (χ2v) is 9.85. The van der Waals surface area contributed by atoms with Gasteiger partial charge in [0.05, 0.1) is 18.6 Å². The zero-order valence-electron chi connectivity index (χ0n) is 20.9. The standard InChI is InChI=1S/C26H32N4O4S/c1-19-11-24(33-5)12-20(2)26(19)35(32)30(4)9-10-34-17-25(31)29(3)16-21-7-6-8-22(13-21)23-14-27-18-28-15-23/h6-8,11-15,18H,9-10,16-17H2,1-5H3. The molecule has 2 aromatic carbocycles. The molecule has 35 heavy (non-hydrogen) atoms. The molecule has 0 fully saturated rings. The fraction of sp³-hybridized carbons (Fsp3) is 0.346. The Morgan fingerprint density at radius 1 is 1.03 bits per heavy atom. The zero-order chi connectivity index (χ0) is 25.4. The van der Waals surface area contributed by atoms with Crippen molar-refractivity contribution in [2.24, 2.45) is 0 Å². The van der Waals surface area contributed by atoms with Crippen LogP contribution in [0.3, 0.4) is 0 Å². The van der Waals surface area contributed by atoms with Crippen LogP contribution in [-0.4, -0.2) is 70.3 Å². The summed E-state index contributed by atoms with van der Waals surface area (Å²) in [7, 11) is 3.81. The predicted molar refractivity (Wildman–Crippen MR) is 136 cm³/mol. The highest BCUT2D eigenvalue weighted by molar-refractivity contribution is 7.82. The van der Waals surface area contributed by atoms with Crippen LogP contribution >= 0.6 is 0 Å². The number of nitrogens with zero attached hydrogens (tertiary/aromatic N) is 4. The van der Waals surface area contributed by atoms with Gasteiger partial charge in [0.25, 0.3) is 0 Å². The van der Waals surface area contributed by atoms with Crippen molar-refractivity contribution in [2.75, 3.05) is 41.0 Å². The number of likely N-dealkylation sites (N-methyl/N-ethyl adjacent to an activating group) is 2. The summed E-state index contributed by atoms with van der Waals surface area (Å²) in [5, 5.41) is 0. The van der Waals surface area contributed by atoms with Gasteiger partial charge in [0, 0.05) is 45.1 Å². The molecule has 0 aliphatic heterocycles. The Balaban J connectivity index is 1.47. The van der Waals surface area contributed by atoms with E-state index in [0.29, 0.717) is 19.7 Å². The molecule has 1 amide bonds. The Morgan fingerprint density at radius 2 is 1.71 bits per heavy atom. The molecule has 0 saturated carbocycles. The summed E-state index contributed by atoms with van der Waals surface area (Å²) in [6, 6.07) is 11.7. The van der Waals surface area contributed by atoms with E-state index < -0.39 is 11.0 Å². The maximum absolute atomic E-state index is 13.0. The highest BCUT2D eigenvalue weighted by Crippen LogP contribution is 2.25. The molecule has 1 atom stereocenters. The van der Waals surface area contributed by atoms with Crippen molar-refractivity contribution in [3.63, 3.8) is 0 Å². The smallest absolute Gasteiger partial charge is 0.248 e. The van der Waals surface area contributed by atoms with Crippen LogP contribution in [0.2, 0.25) is 0 Å². The quantitative estimate of drug-likeness (QED) is 0.378. The van der Waals surface area contributed by atoms with Gasteiger partial charge in [0.15, 0.2) is 0 Å². The normalized spacial score (nSPS) is 11.9. The first-order valence-electron chi connectivity index (χ1n) is 11.2. The minimum absolute atomic E-state index is 0.0379. The summed E-state index contributed by atoms with van der Waals surface area (Å²) in [6.07, 6.45) is 5.02. The number of methoxy groups -OCH3 is 1. The van der Waals surface area contributed by atoms with Crippen LogP contribution in [-0.2, 0) is 27.1 Å². The van der Waals surface area contributed by atoms with Crippen molar-refractivity contribution < 1.29 is 18.5 Å². The monoisotopic (exact) mass is 496 g/mol. The van der Waals surface area contributed by atoms with Crippen molar-refractivity contribution in [1.82, 2.24) is 19.2 Å². The Morgan fingerprint density at radius 3 is 2.37 bits per heavy atom. The number of amides is 1. The summed E-state index contributed by atoms with van der Waals surface area (Å²) in [5.41, 5.74) is 4.75. The first kappa shape index (κ1) is 26.5. The average Bonchev–Trinajstić information content (AvgIpc) is 2.86. The average molecular weight is 497 g/mol. The molecule has 3 aromatic rings. The van der Waals surface area contributed by atoms with E-state index in [2.05, 4.69) is 9.97 Å². The van der Waals surface area contributed by atoms with E-state index in [1.54, 1.807) is 42.8 Å². The molecular formula is C26H32N4O4S. The van der Waals surface area contributed by atoms with E-state index in [9.17, 15) is 9.00 Å². The van der Waals surface area contributed by atoms with Gasteiger partial charge in [0.2, 0.25) is 5.91 Å². The molecule has 8 nitrogen and oxygen atoms in total. The molecule has 1 unspecified atom stereocenters. The first-order chi connectivity index (χ1) is 16.8. The van der Waals surface area contributed by atoms with Gasteiger partial charge in [-0.25, -0.2) is 18.5 Å². The van der Waals surface area contributed by atoms with E-state index >= 15 is 0 Å².